The number of carbonyl (C=O) groups is 4. The van der Waals surface area contributed by atoms with Crippen molar-refractivity contribution in [1.82, 2.24) is 19.9 Å². The molecule has 0 bridgehead atoms. The van der Waals surface area contributed by atoms with Crippen molar-refractivity contribution < 1.29 is 38.1 Å². The highest BCUT2D eigenvalue weighted by atomic mass is 16.5. The smallest absolute Gasteiger partial charge is 0.317 e. The zero-order chi connectivity index (χ0) is 69.9. The van der Waals surface area contributed by atoms with Gasteiger partial charge in [0.15, 0.2) is 0 Å². The van der Waals surface area contributed by atoms with Crippen LogP contribution in [0.1, 0.15) is 246 Å². The van der Waals surface area contributed by atoms with Crippen LogP contribution in [-0.4, -0.2) is 57.0 Å². The largest absolute Gasteiger partial charge is 0.465 e. The molecule has 12 heteroatoms. The Balaban J connectivity index is -0.000000590. The molecule has 10 rings (SSSR count). The molecule has 0 fully saturated rings. The fraction of sp³-hybridized carbons (Fsp3) is 0.408. The average molecular weight is 1510 g/mol. The minimum atomic E-state index is -0.875. The van der Waals surface area contributed by atoms with Gasteiger partial charge in [-0.3, -0.25) is 19.2 Å². The molecule has 2 heterocycles. The van der Waals surface area contributed by atoms with Crippen LogP contribution >= 0.6 is 0 Å². The number of rotatable bonds is 30. The van der Waals surface area contributed by atoms with Crippen LogP contribution in [0.15, 0.2) is 231 Å². The third kappa shape index (κ3) is 29.8. The van der Waals surface area contributed by atoms with Crippen molar-refractivity contribution in [3.63, 3.8) is 0 Å². The SMILES string of the molecule is C.C.C.C.C.C.C.C.C.C.C.C.CC.CCCCOC(=O)C(CC(C)c1ccccc1)CC(C)(CC)C(=O)Oc1ccc(-c2nc(-c3ccccc3)c(-c3ccccc3)[nH]2)cc1.CCCCOC(=O)C(CC(C)c1ccccc1)CC(C)(CC)C(=O)Oc1ccc(-c2nc(-c3ccccc3)c(-c3ccccc3)[nH]2)cc1. The van der Waals surface area contributed by atoms with Gasteiger partial charge in [-0.1, -0.05) is 339 Å². The number of unbranched alkanes of at least 4 members (excludes halogenated alkanes) is 2. The molecule has 0 aliphatic carbocycles. The molecule has 0 spiro atoms. The van der Waals surface area contributed by atoms with E-state index in [2.05, 4.69) is 110 Å². The molecule has 0 aliphatic rings. The molecule has 6 unspecified atom stereocenters. The van der Waals surface area contributed by atoms with E-state index in [1.165, 1.54) is 0 Å². The normalized spacial score (nSPS) is 12.0. The second-order valence-electron chi connectivity index (χ2n) is 25.7. The molecule has 2 aromatic heterocycles. The Morgan fingerprint density at radius 1 is 0.364 bits per heavy atom. The van der Waals surface area contributed by atoms with E-state index >= 15 is 0 Å². The van der Waals surface area contributed by atoms with Gasteiger partial charge in [-0.25, -0.2) is 9.97 Å². The zero-order valence-electron chi connectivity index (χ0n) is 58.9. The van der Waals surface area contributed by atoms with Crippen LogP contribution in [0.5, 0.6) is 11.5 Å². The molecular formula is C98H146N4O8. The van der Waals surface area contributed by atoms with Crippen LogP contribution in [0.3, 0.4) is 0 Å². The number of aromatic nitrogens is 4. The van der Waals surface area contributed by atoms with Crippen LogP contribution in [0, 0.1) is 22.7 Å². The number of benzene rings is 8. The van der Waals surface area contributed by atoms with Gasteiger partial charge >= 0.3 is 23.9 Å². The van der Waals surface area contributed by atoms with E-state index in [-0.39, 0.29) is 125 Å². The van der Waals surface area contributed by atoms with Gasteiger partial charge in [-0.15, -0.1) is 0 Å². The molecule has 6 atom stereocenters. The van der Waals surface area contributed by atoms with E-state index in [1.807, 2.05) is 175 Å². The van der Waals surface area contributed by atoms with Crippen molar-refractivity contribution in [2.24, 2.45) is 22.7 Å². The first-order valence-electron chi connectivity index (χ1n) is 35.1. The Bertz CT molecular complexity index is 3650. The van der Waals surface area contributed by atoms with Gasteiger partial charge in [0.2, 0.25) is 0 Å². The number of H-pyrrole nitrogens is 2. The van der Waals surface area contributed by atoms with Crippen molar-refractivity contribution in [3.8, 4) is 79.3 Å². The Morgan fingerprint density at radius 3 is 0.891 bits per heavy atom. The second-order valence-corrected chi connectivity index (χ2v) is 25.7. The average Bonchev–Trinajstić information content (AvgIpc) is 1.62. The second kappa shape index (κ2) is 54.6. The summed E-state index contributed by atoms with van der Waals surface area (Å²) in [6.45, 7) is 20.9. The molecule has 110 heavy (non-hydrogen) atoms. The number of nitrogens with one attached hydrogen (secondary N) is 2. The minimum absolute atomic E-state index is 0. The van der Waals surface area contributed by atoms with E-state index < -0.39 is 22.7 Å². The van der Waals surface area contributed by atoms with Crippen LogP contribution in [0.25, 0.3) is 67.8 Å². The number of ether oxygens (including phenoxy) is 4. The lowest BCUT2D eigenvalue weighted by atomic mass is 9.75. The van der Waals surface area contributed by atoms with Crippen LogP contribution in [0.2, 0.25) is 0 Å². The van der Waals surface area contributed by atoms with Gasteiger partial charge in [0.25, 0.3) is 0 Å². The van der Waals surface area contributed by atoms with Crippen molar-refractivity contribution in [1.29, 1.82) is 0 Å². The Hall–Kier alpha value is -9.94. The summed E-state index contributed by atoms with van der Waals surface area (Å²) in [6.07, 6.45) is 6.44. The van der Waals surface area contributed by atoms with E-state index in [9.17, 15) is 19.2 Å². The van der Waals surface area contributed by atoms with Gasteiger partial charge in [-0.2, -0.15) is 0 Å². The minimum Gasteiger partial charge on any atom is -0.465 e. The molecule has 0 amide bonds. The number of esters is 4. The number of aromatic amines is 2. The summed E-state index contributed by atoms with van der Waals surface area (Å²) in [5.74, 6) is 0.528. The molecular weight excluding hydrogens is 1360 g/mol. The monoisotopic (exact) mass is 1510 g/mol. The highest BCUT2D eigenvalue weighted by molar-refractivity contribution is 5.85. The standard InChI is InChI=1S/2C42H46N2O4.C2H6.12CH4/c2*1-5-7-27-47-40(45)35(28-30(3)31-17-11-8-12-18-31)29-42(4,6-2)41(46)48-36-25-23-34(24-26-36)39-43-37(32-19-13-9-14-20-32)38(44-39)33-21-15-10-16-22-33;1-2;;;;;;;;;;;;/h2*8-26,30,35H,5-7,27-29H2,1-4H3,(H,43,44);1-2H3;12*1H4. The highest BCUT2D eigenvalue weighted by Crippen LogP contribution is 2.41. The fourth-order valence-electron chi connectivity index (χ4n) is 12.0. The summed E-state index contributed by atoms with van der Waals surface area (Å²) in [5, 5.41) is 0. The molecule has 0 saturated carbocycles. The summed E-state index contributed by atoms with van der Waals surface area (Å²) in [7, 11) is 0. The number of nitrogens with zero attached hydrogens (tertiary/aromatic N) is 2. The zero-order valence-corrected chi connectivity index (χ0v) is 58.9. The predicted octanol–water partition coefficient (Wildman–Crippen LogP) is 29.2. The molecule has 10 aromatic rings. The number of imidazole rings is 2. The first-order chi connectivity index (χ1) is 47.6. The molecule has 0 aliphatic heterocycles. The number of hydrogen-bond donors (Lipinski definition) is 2. The molecule has 8 aromatic carbocycles. The summed E-state index contributed by atoms with van der Waals surface area (Å²) < 4.78 is 23.3. The van der Waals surface area contributed by atoms with Crippen molar-refractivity contribution in [3.05, 3.63) is 242 Å². The van der Waals surface area contributed by atoms with Gasteiger partial charge in [0, 0.05) is 33.4 Å². The summed E-state index contributed by atoms with van der Waals surface area (Å²) >= 11 is 0. The van der Waals surface area contributed by atoms with E-state index in [0.717, 1.165) is 105 Å². The third-order valence-electron chi connectivity index (χ3n) is 18.4. The highest BCUT2D eigenvalue weighted by Gasteiger charge is 2.41. The third-order valence-corrected chi connectivity index (χ3v) is 18.4. The molecule has 0 radical (unpaired) electrons. The Kier molecular flexibility index (Phi) is 54.0. The van der Waals surface area contributed by atoms with Crippen LogP contribution < -0.4 is 9.47 Å². The van der Waals surface area contributed by atoms with Crippen LogP contribution in [-0.2, 0) is 28.7 Å². The summed E-state index contributed by atoms with van der Waals surface area (Å²) in [4.78, 5) is 71.2. The molecule has 0 saturated heterocycles. The Morgan fingerprint density at radius 2 is 0.627 bits per heavy atom. The first kappa shape index (κ1) is 109. The van der Waals surface area contributed by atoms with Gasteiger partial charge in [0.1, 0.15) is 23.1 Å². The number of carbonyl (C=O) groups excluding carboxylic acids is 4. The maximum Gasteiger partial charge on any atom is 0.317 e. The van der Waals surface area contributed by atoms with Crippen molar-refractivity contribution in [2.45, 2.75) is 234 Å². The molecule has 2 N–H and O–H groups in total. The van der Waals surface area contributed by atoms with Crippen molar-refractivity contribution in [2.75, 3.05) is 13.2 Å². The lowest BCUT2D eigenvalue weighted by molar-refractivity contribution is -0.155. The quantitative estimate of drug-likeness (QED) is 0.0252. The van der Waals surface area contributed by atoms with Gasteiger partial charge < -0.3 is 28.9 Å². The maximum absolute atomic E-state index is 13.8. The van der Waals surface area contributed by atoms with E-state index in [1.54, 1.807) is 24.3 Å². The topological polar surface area (TPSA) is 163 Å². The van der Waals surface area contributed by atoms with Gasteiger partial charge in [0.05, 0.1) is 58.7 Å². The molecule has 12 nitrogen and oxygen atoms in total. The van der Waals surface area contributed by atoms with Gasteiger partial charge in [-0.05, 0) is 137 Å². The van der Waals surface area contributed by atoms with E-state index in [4.69, 9.17) is 28.9 Å². The van der Waals surface area contributed by atoms with Crippen molar-refractivity contribution >= 4 is 23.9 Å². The fourth-order valence-corrected chi connectivity index (χ4v) is 12.0. The number of hydrogen-bond acceptors (Lipinski definition) is 10. The predicted molar refractivity (Wildman–Crippen MR) is 477 cm³/mol. The summed E-state index contributed by atoms with van der Waals surface area (Å²) in [5.41, 5.74) is 10.1. The first-order valence-corrected chi connectivity index (χ1v) is 35.1. The Labute approximate surface area is 669 Å². The molecule has 606 valence electrons. The van der Waals surface area contributed by atoms with Crippen LogP contribution in [0.4, 0.5) is 0 Å². The van der Waals surface area contributed by atoms with E-state index in [0.29, 0.717) is 63.2 Å². The lowest BCUT2D eigenvalue weighted by Gasteiger charge is -2.30. The maximum atomic E-state index is 13.8. The lowest BCUT2D eigenvalue weighted by Crippen LogP contribution is -2.36. The summed E-state index contributed by atoms with van der Waals surface area (Å²) in [6, 6.07) is 75.7.